The minimum Gasteiger partial charge on any atom is -0.323 e. The Labute approximate surface area is 188 Å². The topological polar surface area (TPSA) is 34.9 Å². The van der Waals surface area contributed by atoms with Crippen LogP contribution in [0.4, 0.5) is 8.78 Å². The molecule has 32 heavy (non-hydrogen) atoms. The second-order valence-corrected chi connectivity index (χ2v) is 9.94. The maximum atomic E-state index is 14.7. The molecule has 0 saturated heterocycles. The van der Waals surface area contributed by atoms with E-state index in [1.165, 1.54) is 12.2 Å². The lowest BCUT2D eigenvalue weighted by molar-refractivity contribution is -0.126. The molecule has 0 amide bonds. The number of halogens is 2. The van der Waals surface area contributed by atoms with Gasteiger partial charge in [0.05, 0.1) is 24.3 Å². The number of nitrogens with zero attached hydrogens (tertiary/aromatic N) is 2. The lowest BCUT2D eigenvalue weighted by atomic mass is 9.54. The summed E-state index contributed by atoms with van der Waals surface area (Å²) in [5.41, 5.74) is 3.06. The molecule has 0 bridgehead atoms. The number of fused-ring (bicyclic) bond motifs is 2. The first-order valence-electron chi connectivity index (χ1n) is 11.8. The molecule has 3 aliphatic carbocycles. The first-order chi connectivity index (χ1) is 15.5. The van der Waals surface area contributed by atoms with Crippen LogP contribution in [0.15, 0.2) is 66.7 Å². The van der Waals surface area contributed by atoms with E-state index in [4.69, 9.17) is 0 Å². The Balaban J connectivity index is 1.17. The van der Waals surface area contributed by atoms with Crippen LogP contribution >= 0.6 is 0 Å². The fourth-order valence-electron chi connectivity index (χ4n) is 6.36. The molecule has 5 rings (SSSR count). The molecule has 5 heteroatoms. The van der Waals surface area contributed by atoms with Crippen LogP contribution in [0, 0.1) is 17.3 Å². The van der Waals surface area contributed by atoms with Crippen LogP contribution in [0.2, 0.25) is 0 Å². The molecule has 1 spiro atoms. The van der Waals surface area contributed by atoms with Gasteiger partial charge >= 0.3 is 0 Å². The van der Waals surface area contributed by atoms with Gasteiger partial charge < -0.3 is 4.57 Å². The van der Waals surface area contributed by atoms with Crippen molar-refractivity contribution in [3.05, 3.63) is 72.4 Å². The highest BCUT2D eigenvalue weighted by Crippen LogP contribution is 2.56. The second kappa shape index (κ2) is 8.42. The molecule has 0 radical (unpaired) electrons. The molecular formula is C27H30F2N2O. The molecule has 168 valence electrons. The monoisotopic (exact) mass is 436 g/mol. The molecule has 1 atom stereocenters. The van der Waals surface area contributed by atoms with Crippen LogP contribution in [0.25, 0.3) is 5.57 Å². The summed E-state index contributed by atoms with van der Waals surface area (Å²) < 4.78 is 29.8. The zero-order chi connectivity index (χ0) is 22.3. The van der Waals surface area contributed by atoms with Gasteiger partial charge in [-0.2, -0.15) is 0 Å². The van der Waals surface area contributed by atoms with Gasteiger partial charge in [0.2, 0.25) is 0 Å². The molecule has 1 unspecified atom stereocenters. The largest absolute Gasteiger partial charge is 0.323 e. The van der Waals surface area contributed by atoms with Crippen LogP contribution in [-0.4, -0.2) is 15.3 Å². The smallest absolute Gasteiger partial charge is 0.138 e. The highest BCUT2D eigenvalue weighted by Gasteiger charge is 2.46. The third-order valence-electron chi connectivity index (χ3n) is 8.06. The van der Waals surface area contributed by atoms with Crippen molar-refractivity contribution < 1.29 is 13.6 Å². The normalized spacial score (nSPS) is 32.0. The van der Waals surface area contributed by atoms with E-state index >= 15 is 0 Å². The molecule has 0 N–H and O–H groups in total. The molecule has 2 saturated carbocycles. The first-order valence-corrected chi connectivity index (χ1v) is 11.8. The number of Topliss-reactive ketones (excluding diaryl/α,β-unsaturated/α-hetero) is 1. The van der Waals surface area contributed by atoms with Gasteiger partial charge in [-0.15, -0.1) is 0 Å². The zero-order valence-electron chi connectivity index (χ0n) is 18.4. The van der Waals surface area contributed by atoms with Crippen LogP contribution < -0.4 is 0 Å². The molecular weight excluding hydrogens is 406 g/mol. The van der Waals surface area contributed by atoms with Crippen LogP contribution in [-0.2, 0) is 4.79 Å². The summed E-state index contributed by atoms with van der Waals surface area (Å²) in [6, 6.07) is -0.246. The van der Waals surface area contributed by atoms with E-state index < -0.39 is 0 Å². The van der Waals surface area contributed by atoms with Crippen molar-refractivity contribution in [2.75, 3.05) is 0 Å². The molecule has 3 nitrogen and oxygen atoms in total. The van der Waals surface area contributed by atoms with Gasteiger partial charge in [-0.3, -0.25) is 4.79 Å². The van der Waals surface area contributed by atoms with E-state index in [9.17, 15) is 13.6 Å². The van der Waals surface area contributed by atoms with Gasteiger partial charge in [-0.25, -0.2) is 13.8 Å². The third-order valence-corrected chi connectivity index (χ3v) is 8.06. The highest BCUT2D eigenvalue weighted by atomic mass is 19.1. The van der Waals surface area contributed by atoms with E-state index in [2.05, 4.69) is 17.6 Å². The molecule has 1 aliphatic heterocycles. The van der Waals surface area contributed by atoms with Crippen molar-refractivity contribution in [2.45, 2.75) is 63.8 Å². The van der Waals surface area contributed by atoms with Crippen LogP contribution in [0.1, 0.15) is 69.5 Å². The van der Waals surface area contributed by atoms with Gasteiger partial charge in [0.25, 0.3) is 0 Å². The van der Waals surface area contributed by atoms with Crippen molar-refractivity contribution >= 4 is 11.4 Å². The summed E-state index contributed by atoms with van der Waals surface area (Å²) in [5.74, 6) is 0.364. The quantitative estimate of drug-likeness (QED) is 0.451. The summed E-state index contributed by atoms with van der Waals surface area (Å²) in [5, 5.41) is 0. The number of imidazole rings is 1. The van der Waals surface area contributed by atoms with Gasteiger partial charge in [-0.05, 0) is 86.5 Å². The molecule has 1 aromatic heterocycles. The zero-order valence-corrected chi connectivity index (χ0v) is 18.4. The van der Waals surface area contributed by atoms with Crippen molar-refractivity contribution in [3.63, 3.8) is 0 Å². The fourth-order valence-corrected chi connectivity index (χ4v) is 6.36. The molecule has 2 fully saturated rings. The van der Waals surface area contributed by atoms with E-state index in [1.54, 1.807) is 24.7 Å². The Bertz CT molecular complexity index is 1040. The standard InChI is InChI=1S/C27H30F2N2O/c1-2-20(28)6-3-5-18-14-27(15-18)11-9-19(10-12-27)25(32)13-23-26-21(7-4-8-22(26)29)24-16-30-17-31(23)24/h2-3,5-6,8,16-19,23H,1,4,7,9-15H2/b5-3+,20-6+. The molecule has 0 aromatic carbocycles. The molecule has 1 aromatic rings. The number of carbonyl (C=O) groups excluding carboxylic acids is 1. The maximum Gasteiger partial charge on any atom is 0.138 e. The number of hydrogen-bond donors (Lipinski definition) is 0. The fraction of sp³-hybridized carbons (Fsp3) is 0.481. The lowest BCUT2D eigenvalue weighted by Crippen LogP contribution is -2.40. The van der Waals surface area contributed by atoms with Crippen LogP contribution in [0.5, 0.6) is 0 Å². The number of ketones is 1. The Morgan fingerprint density at radius 1 is 1.31 bits per heavy atom. The highest BCUT2D eigenvalue weighted by molar-refractivity contribution is 5.84. The minimum absolute atomic E-state index is 0.0760. The average Bonchev–Trinajstić information content (AvgIpc) is 3.36. The first kappa shape index (κ1) is 21.3. The Morgan fingerprint density at radius 2 is 2.09 bits per heavy atom. The van der Waals surface area contributed by atoms with Crippen molar-refractivity contribution in [1.29, 1.82) is 0 Å². The summed E-state index contributed by atoms with van der Waals surface area (Å²) in [6.07, 6.45) is 19.9. The van der Waals surface area contributed by atoms with Gasteiger partial charge in [0, 0.05) is 17.9 Å². The SMILES string of the molecule is C=C/C(F)=C\C=C\C1CC2(CCC(C(=O)CC3C4=C(CCC=C4F)c4cncn43)CC2)C1. The number of carbonyl (C=O) groups is 1. The van der Waals surface area contributed by atoms with Crippen molar-refractivity contribution in [1.82, 2.24) is 9.55 Å². The van der Waals surface area contributed by atoms with Crippen LogP contribution in [0.3, 0.4) is 0 Å². The van der Waals surface area contributed by atoms with Gasteiger partial charge in [0.15, 0.2) is 0 Å². The molecule has 2 heterocycles. The maximum absolute atomic E-state index is 14.7. The Hall–Kier alpha value is -2.56. The third kappa shape index (κ3) is 3.76. The second-order valence-electron chi connectivity index (χ2n) is 9.94. The number of aromatic nitrogens is 2. The number of rotatable bonds is 6. The van der Waals surface area contributed by atoms with Crippen molar-refractivity contribution in [2.24, 2.45) is 17.3 Å². The Kier molecular flexibility index (Phi) is 5.60. The van der Waals surface area contributed by atoms with Gasteiger partial charge in [-0.1, -0.05) is 18.7 Å². The van der Waals surface area contributed by atoms with Gasteiger partial charge in [0.1, 0.15) is 17.4 Å². The summed E-state index contributed by atoms with van der Waals surface area (Å²) in [7, 11) is 0. The minimum atomic E-state index is -0.314. The summed E-state index contributed by atoms with van der Waals surface area (Å²) in [4.78, 5) is 17.5. The number of allylic oxidation sites excluding steroid dienone is 9. The van der Waals surface area contributed by atoms with Crippen molar-refractivity contribution in [3.8, 4) is 0 Å². The van der Waals surface area contributed by atoms with E-state index in [1.807, 2.05) is 4.57 Å². The lowest BCUT2D eigenvalue weighted by Gasteiger charge is -2.51. The Morgan fingerprint density at radius 3 is 2.84 bits per heavy atom. The summed E-state index contributed by atoms with van der Waals surface area (Å²) in [6.45, 7) is 3.41. The van der Waals surface area contributed by atoms with E-state index in [0.717, 1.165) is 56.2 Å². The predicted octanol–water partition coefficient (Wildman–Crippen LogP) is 6.98. The average molecular weight is 437 g/mol. The molecule has 4 aliphatic rings. The van der Waals surface area contributed by atoms with E-state index in [0.29, 0.717) is 29.7 Å². The number of hydrogen-bond acceptors (Lipinski definition) is 2. The van der Waals surface area contributed by atoms with E-state index in [-0.39, 0.29) is 29.4 Å². The predicted molar refractivity (Wildman–Crippen MR) is 122 cm³/mol. The summed E-state index contributed by atoms with van der Waals surface area (Å²) >= 11 is 0.